The van der Waals surface area contributed by atoms with Gasteiger partial charge in [0.05, 0.1) is 4.90 Å². The van der Waals surface area contributed by atoms with Crippen LogP contribution in [0.1, 0.15) is 18.9 Å². The molecule has 1 aromatic rings. The van der Waals surface area contributed by atoms with E-state index in [1.807, 2.05) is 0 Å². The van der Waals surface area contributed by atoms with Gasteiger partial charge in [-0.25, -0.2) is 13.6 Å². The number of nitrogens with one attached hydrogen (secondary N) is 1. The molecule has 0 radical (unpaired) electrons. The third-order valence-corrected chi connectivity index (χ3v) is 5.17. The summed E-state index contributed by atoms with van der Waals surface area (Å²) < 4.78 is 22.3. The van der Waals surface area contributed by atoms with Crippen molar-refractivity contribution in [2.45, 2.75) is 30.7 Å². The number of aliphatic imine (C=N–C) groups is 1. The van der Waals surface area contributed by atoms with Gasteiger partial charge >= 0.3 is 0 Å². The molecule has 0 aromatic heterocycles. The second-order valence-electron chi connectivity index (χ2n) is 4.69. The monoisotopic (exact) mass is 313 g/mol. The van der Waals surface area contributed by atoms with Crippen molar-refractivity contribution in [1.29, 1.82) is 0 Å². The molecule has 1 aliphatic heterocycles. The second-order valence-corrected chi connectivity index (χ2v) is 7.26. The fourth-order valence-corrected chi connectivity index (χ4v) is 3.51. The average molecular weight is 313 g/mol. The lowest BCUT2D eigenvalue weighted by Gasteiger charge is -2.05. The quantitative estimate of drug-likeness (QED) is 0.859. The molecule has 1 saturated heterocycles. The highest BCUT2D eigenvalue weighted by atomic mass is 32.2. The van der Waals surface area contributed by atoms with Crippen molar-refractivity contribution in [3.05, 3.63) is 29.8 Å². The van der Waals surface area contributed by atoms with Gasteiger partial charge in [0.1, 0.15) is 0 Å². The Morgan fingerprint density at radius 2 is 2.10 bits per heavy atom. The van der Waals surface area contributed by atoms with E-state index in [9.17, 15) is 8.42 Å². The van der Waals surface area contributed by atoms with Crippen LogP contribution in [-0.4, -0.2) is 31.9 Å². The summed E-state index contributed by atoms with van der Waals surface area (Å²) in [4.78, 5) is 4.66. The first-order valence-corrected chi connectivity index (χ1v) is 9.07. The predicted octanol–water partition coefficient (Wildman–Crippen LogP) is 1.35. The van der Waals surface area contributed by atoms with Crippen LogP contribution in [0.4, 0.5) is 0 Å². The maximum atomic E-state index is 11.1. The SMILES string of the molecule is CCC1CSC(=NCCc2ccc(S(N)(=O)=O)cc2)N1. The Morgan fingerprint density at radius 1 is 1.40 bits per heavy atom. The first-order valence-electron chi connectivity index (χ1n) is 6.54. The number of hydrogen-bond donors (Lipinski definition) is 2. The molecule has 1 atom stereocenters. The fourth-order valence-electron chi connectivity index (χ4n) is 1.88. The van der Waals surface area contributed by atoms with Gasteiger partial charge < -0.3 is 5.32 Å². The number of hydrogen-bond acceptors (Lipinski definition) is 4. The fraction of sp³-hybridized carbons (Fsp3) is 0.462. The highest BCUT2D eigenvalue weighted by Gasteiger charge is 2.17. The summed E-state index contributed by atoms with van der Waals surface area (Å²) in [6.45, 7) is 2.86. The maximum Gasteiger partial charge on any atom is 0.238 e. The molecular weight excluding hydrogens is 294 g/mol. The van der Waals surface area contributed by atoms with E-state index in [0.717, 1.165) is 29.3 Å². The summed E-state index contributed by atoms with van der Waals surface area (Å²) in [5, 5.41) is 9.44. The Kier molecular flexibility index (Phi) is 5.06. The van der Waals surface area contributed by atoms with Gasteiger partial charge in [0.2, 0.25) is 10.0 Å². The Labute approximate surface area is 124 Å². The standard InChI is InChI=1S/C13H19N3O2S2/c1-2-11-9-19-13(16-11)15-8-7-10-3-5-12(6-4-10)20(14,17)18/h3-6,11H,2,7-9H2,1H3,(H,15,16)(H2,14,17,18). The zero-order chi connectivity index (χ0) is 14.6. The second kappa shape index (κ2) is 6.60. The highest BCUT2D eigenvalue weighted by Crippen LogP contribution is 2.16. The number of thioether (sulfide) groups is 1. The number of nitrogens with zero attached hydrogens (tertiary/aromatic N) is 1. The van der Waals surface area contributed by atoms with Gasteiger partial charge in [-0.1, -0.05) is 30.8 Å². The molecule has 2 rings (SSSR count). The van der Waals surface area contributed by atoms with E-state index in [2.05, 4.69) is 17.2 Å². The van der Waals surface area contributed by atoms with Crippen LogP contribution in [0.5, 0.6) is 0 Å². The van der Waals surface area contributed by atoms with E-state index < -0.39 is 10.0 Å². The molecule has 0 amide bonds. The van der Waals surface area contributed by atoms with Crippen LogP contribution in [0.2, 0.25) is 0 Å². The van der Waals surface area contributed by atoms with Gasteiger partial charge in [-0.2, -0.15) is 0 Å². The summed E-state index contributed by atoms with van der Waals surface area (Å²) in [5.41, 5.74) is 1.05. The molecule has 5 nitrogen and oxygen atoms in total. The molecule has 0 saturated carbocycles. The normalized spacial score (nSPS) is 21.1. The topological polar surface area (TPSA) is 84.5 Å². The van der Waals surface area contributed by atoms with Gasteiger partial charge in [0, 0.05) is 18.3 Å². The number of benzene rings is 1. The van der Waals surface area contributed by atoms with Crippen LogP contribution >= 0.6 is 11.8 Å². The molecule has 110 valence electrons. The van der Waals surface area contributed by atoms with Crippen LogP contribution < -0.4 is 10.5 Å². The summed E-state index contributed by atoms with van der Waals surface area (Å²) in [6.07, 6.45) is 1.90. The van der Waals surface area contributed by atoms with Gasteiger partial charge in [0.25, 0.3) is 0 Å². The van der Waals surface area contributed by atoms with Crippen molar-refractivity contribution in [2.24, 2.45) is 10.1 Å². The van der Waals surface area contributed by atoms with Crippen molar-refractivity contribution in [3.8, 4) is 0 Å². The lowest BCUT2D eigenvalue weighted by Crippen LogP contribution is -2.25. The number of sulfonamides is 1. The first-order chi connectivity index (χ1) is 9.49. The summed E-state index contributed by atoms with van der Waals surface area (Å²) in [7, 11) is -3.60. The molecule has 0 spiro atoms. The number of nitrogens with two attached hydrogens (primary N) is 1. The summed E-state index contributed by atoms with van der Waals surface area (Å²) in [5.74, 6) is 1.08. The van der Waals surface area contributed by atoms with E-state index >= 15 is 0 Å². The molecule has 7 heteroatoms. The summed E-state index contributed by atoms with van der Waals surface area (Å²) >= 11 is 1.76. The number of rotatable bonds is 5. The molecule has 1 aromatic carbocycles. The average Bonchev–Trinajstić information content (AvgIpc) is 2.86. The van der Waals surface area contributed by atoms with Crippen molar-refractivity contribution in [3.63, 3.8) is 0 Å². The minimum absolute atomic E-state index is 0.145. The Hall–Kier alpha value is -1.05. The van der Waals surface area contributed by atoms with Crippen molar-refractivity contribution >= 4 is 27.0 Å². The Balaban J connectivity index is 1.87. The van der Waals surface area contributed by atoms with E-state index in [1.165, 1.54) is 12.1 Å². The minimum atomic E-state index is -3.60. The predicted molar refractivity (Wildman–Crippen MR) is 83.5 cm³/mol. The van der Waals surface area contributed by atoms with Crippen molar-refractivity contribution in [2.75, 3.05) is 12.3 Å². The molecule has 1 heterocycles. The molecule has 1 fully saturated rings. The Bertz CT molecular complexity index is 582. The molecule has 3 N–H and O–H groups in total. The van der Waals surface area contributed by atoms with Gasteiger partial charge in [-0.05, 0) is 30.5 Å². The molecule has 0 aliphatic carbocycles. The molecule has 1 aliphatic rings. The van der Waals surface area contributed by atoms with Crippen LogP contribution in [0.15, 0.2) is 34.2 Å². The number of primary sulfonamides is 1. The lowest BCUT2D eigenvalue weighted by atomic mass is 10.1. The van der Waals surface area contributed by atoms with E-state index in [-0.39, 0.29) is 4.90 Å². The smallest absolute Gasteiger partial charge is 0.238 e. The van der Waals surface area contributed by atoms with Crippen molar-refractivity contribution < 1.29 is 8.42 Å². The van der Waals surface area contributed by atoms with Crippen LogP contribution in [0.3, 0.4) is 0 Å². The zero-order valence-corrected chi connectivity index (χ0v) is 13.0. The van der Waals surface area contributed by atoms with E-state index in [0.29, 0.717) is 12.6 Å². The molecule has 20 heavy (non-hydrogen) atoms. The molecule has 1 unspecified atom stereocenters. The largest absolute Gasteiger partial charge is 0.361 e. The summed E-state index contributed by atoms with van der Waals surface area (Å²) in [6, 6.07) is 7.17. The Morgan fingerprint density at radius 3 is 2.65 bits per heavy atom. The van der Waals surface area contributed by atoms with Crippen LogP contribution in [0.25, 0.3) is 0 Å². The maximum absolute atomic E-state index is 11.1. The number of amidine groups is 1. The van der Waals surface area contributed by atoms with Gasteiger partial charge in [-0.15, -0.1) is 0 Å². The van der Waals surface area contributed by atoms with Gasteiger partial charge in [-0.3, -0.25) is 4.99 Å². The van der Waals surface area contributed by atoms with Crippen molar-refractivity contribution in [1.82, 2.24) is 5.32 Å². The van der Waals surface area contributed by atoms with Crippen LogP contribution in [-0.2, 0) is 16.4 Å². The van der Waals surface area contributed by atoms with E-state index in [1.54, 1.807) is 23.9 Å². The first kappa shape index (κ1) is 15.3. The van der Waals surface area contributed by atoms with E-state index in [4.69, 9.17) is 5.14 Å². The lowest BCUT2D eigenvalue weighted by molar-refractivity contribution is 0.598. The molecular formula is C13H19N3O2S2. The van der Waals surface area contributed by atoms with Crippen LogP contribution in [0, 0.1) is 0 Å². The third-order valence-electron chi connectivity index (χ3n) is 3.15. The third kappa shape index (κ3) is 4.22. The minimum Gasteiger partial charge on any atom is -0.361 e. The van der Waals surface area contributed by atoms with Gasteiger partial charge in [0.15, 0.2) is 5.17 Å². The molecule has 0 bridgehead atoms. The zero-order valence-electron chi connectivity index (χ0n) is 11.4. The highest BCUT2D eigenvalue weighted by molar-refractivity contribution is 8.14.